The van der Waals surface area contributed by atoms with Crippen molar-refractivity contribution < 1.29 is 14.5 Å². The lowest BCUT2D eigenvalue weighted by Crippen LogP contribution is -2.43. The highest BCUT2D eigenvalue weighted by atomic mass is 16.6. The largest absolute Gasteiger partial charge is 0.352 e. The van der Waals surface area contributed by atoms with Crippen LogP contribution in [-0.4, -0.2) is 39.1 Å². The molecule has 1 aliphatic rings. The number of rotatable bonds is 6. The molecule has 0 unspecified atom stereocenters. The molecule has 2 aromatic rings. The topological polar surface area (TPSA) is 136 Å². The minimum absolute atomic E-state index is 0.108. The van der Waals surface area contributed by atoms with Gasteiger partial charge in [0.25, 0.3) is 11.6 Å². The Balaban J connectivity index is 1.77. The number of aryl methyl sites for hydroxylation is 1. The maximum absolute atomic E-state index is 12.5. The number of nitrogens with one attached hydrogen (secondary N) is 2. The number of carbonyl (C=O) groups is 2. The van der Waals surface area contributed by atoms with E-state index in [1.54, 1.807) is 13.0 Å². The number of carbonyl (C=O) groups excluding carboxylic acids is 2. The van der Waals surface area contributed by atoms with E-state index in [-0.39, 0.29) is 29.9 Å². The highest BCUT2D eigenvalue weighted by Gasteiger charge is 2.21. The number of para-hydroxylation sites is 2. The van der Waals surface area contributed by atoms with Gasteiger partial charge in [0.1, 0.15) is 5.69 Å². The fourth-order valence-corrected chi connectivity index (χ4v) is 3.52. The molecular formula is C20H23N5O5. The van der Waals surface area contributed by atoms with E-state index in [1.165, 1.54) is 28.9 Å². The van der Waals surface area contributed by atoms with Gasteiger partial charge in [0, 0.05) is 23.9 Å². The van der Waals surface area contributed by atoms with Crippen LogP contribution >= 0.6 is 0 Å². The molecule has 10 heteroatoms. The number of hydrogen-bond donors (Lipinski definition) is 2. The molecule has 30 heavy (non-hydrogen) atoms. The summed E-state index contributed by atoms with van der Waals surface area (Å²) in [6.45, 7) is 1.28. The smallest absolute Gasteiger partial charge is 0.294 e. The maximum atomic E-state index is 12.5. The predicted molar refractivity (Wildman–Crippen MR) is 109 cm³/mol. The number of benzene rings is 1. The number of aromatic nitrogens is 2. The predicted octanol–water partition coefficient (Wildman–Crippen LogP) is 1.63. The Kier molecular flexibility index (Phi) is 6.55. The highest BCUT2D eigenvalue weighted by molar-refractivity contribution is 5.94. The number of nitro benzene ring substituents is 1. The Bertz CT molecular complexity index is 1030. The van der Waals surface area contributed by atoms with Gasteiger partial charge in [-0.2, -0.15) is 5.10 Å². The second kappa shape index (κ2) is 9.29. The molecule has 1 heterocycles. The second-order valence-electron chi connectivity index (χ2n) is 7.24. The second-order valence-corrected chi connectivity index (χ2v) is 7.24. The summed E-state index contributed by atoms with van der Waals surface area (Å²) in [6.07, 6.45) is 5.12. The molecule has 10 nitrogen and oxygen atoms in total. The van der Waals surface area contributed by atoms with Gasteiger partial charge in [-0.15, -0.1) is 0 Å². The van der Waals surface area contributed by atoms with Crippen LogP contribution in [0.3, 0.4) is 0 Å². The molecule has 0 spiro atoms. The summed E-state index contributed by atoms with van der Waals surface area (Å²) in [5.74, 6) is -1.15. The number of amides is 2. The lowest BCUT2D eigenvalue weighted by Gasteiger charge is -2.22. The van der Waals surface area contributed by atoms with Crippen LogP contribution in [0.15, 0.2) is 35.1 Å². The highest BCUT2D eigenvalue weighted by Crippen LogP contribution is 2.22. The molecule has 0 atom stereocenters. The molecule has 0 aliphatic heterocycles. The molecule has 1 aromatic carbocycles. The zero-order chi connectivity index (χ0) is 21.7. The number of nitrogens with zero attached hydrogens (tertiary/aromatic N) is 3. The van der Waals surface area contributed by atoms with Crippen molar-refractivity contribution >= 4 is 17.5 Å². The fraction of sp³-hybridized carbons (Fsp3) is 0.400. The van der Waals surface area contributed by atoms with Crippen LogP contribution in [0.2, 0.25) is 0 Å². The van der Waals surface area contributed by atoms with Crippen molar-refractivity contribution in [2.24, 2.45) is 0 Å². The number of nitro groups is 1. The quantitative estimate of drug-likeness (QED) is 0.546. The third-order valence-corrected chi connectivity index (χ3v) is 5.01. The Morgan fingerprint density at radius 1 is 1.23 bits per heavy atom. The molecule has 2 amide bonds. The minimum atomic E-state index is -0.814. The molecule has 0 saturated heterocycles. The van der Waals surface area contributed by atoms with Crippen molar-refractivity contribution in [1.29, 1.82) is 0 Å². The van der Waals surface area contributed by atoms with Gasteiger partial charge in [-0.3, -0.25) is 24.5 Å². The zero-order valence-corrected chi connectivity index (χ0v) is 16.6. The van der Waals surface area contributed by atoms with Crippen molar-refractivity contribution in [3.8, 4) is 5.69 Å². The van der Waals surface area contributed by atoms with Crippen LogP contribution in [0.4, 0.5) is 5.69 Å². The summed E-state index contributed by atoms with van der Waals surface area (Å²) in [7, 11) is 0. The molecule has 2 N–H and O–H groups in total. The van der Waals surface area contributed by atoms with Crippen molar-refractivity contribution in [2.75, 3.05) is 6.54 Å². The average Bonchev–Trinajstić information content (AvgIpc) is 2.73. The van der Waals surface area contributed by atoms with E-state index >= 15 is 0 Å². The summed E-state index contributed by atoms with van der Waals surface area (Å²) in [4.78, 5) is 47.6. The van der Waals surface area contributed by atoms with E-state index in [9.17, 15) is 24.5 Å². The van der Waals surface area contributed by atoms with E-state index in [1.807, 2.05) is 0 Å². The first-order valence-electron chi connectivity index (χ1n) is 9.79. The van der Waals surface area contributed by atoms with Gasteiger partial charge in [0.15, 0.2) is 5.69 Å². The van der Waals surface area contributed by atoms with E-state index in [0.29, 0.717) is 5.69 Å². The lowest BCUT2D eigenvalue weighted by atomic mass is 9.95. The summed E-state index contributed by atoms with van der Waals surface area (Å²) in [5, 5.41) is 20.6. The molecule has 1 fully saturated rings. The third-order valence-electron chi connectivity index (χ3n) is 5.01. The average molecular weight is 413 g/mol. The molecule has 0 radical (unpaired) electrons. The van der Waals surface area contributed by atoms with Crippen molar-refractivity contribution in [2.45, 2.75) is 45.1 Å². The summed E-state index contributed by atoms with van der Waals surface area (Å²) >= 11 is 0. The summed E-state index contributed by atoms with van der Waals surface area (Å²) in [6, 6.07) is 7.18. The van der Waals surface area contributed by atoms with E-state index < -0.39 is 22.0 Å². The van der Waals surface area contributed by atoms with Gasteiger partial charge in [-0.25, -0.2) is 4.68 Å². The Hall–Kier alpha value is -3.56. The Morgan fingerprint density at radius 3 is 2.63 bits per heavy atom. The zero-order valence-electron chi connectivity index (χ0n) is 16.6. The Labute approximate surface area is 172 Å². The van der Waals surface area contributed by atoms with Gasteiger partial charge in [-0.05, 0) is 25.8 Å². The SMILES string of the molecule is Cc1cc(=O)c(C(=O)NCC(=O)NC2CCCCC2)nn1-c1ccccc1[N+](=O)[O-]. The van der Waals surface area contributed by atoms with Gasteiger partial charge >= 0.3 is 0 Å². The van der Waals surface area contributed by atoms with E-state index in [4.69, 9.17) is 0 Å². The molecule has 1 aromatic heterocycles. The summed E-state index contributed by atoms with van der Waals surface area (Å²) in [5.41, 5.74) is -0.823. The van der Waals surface area contributed by atoms with Gasteiger partial charge in [0.2, 0.25) is 11.3 Å². The molecule has 3 rings (SSSR count). The molecular weight excluding hydrogens is 390 g/mol. The number of hydrogen-bond acceptors (Lipinski definition) is 6. The first kappa shape index (κ1) is 21.2. The first-order valence-corrected chi connectivity index (χ1v) is 9.79. The molecule has 1 aliphatic carbocycles. The first-order chi connectivity index (χ1) is 14.4. The van der Waals surface area contributed by atoms with Crippen LogP contribution in [0.5, 0.6) is 0 Å². The molecule has 0 bridgehead atoms. The van der Waals surface area contributed by atoms with Crippen molar-refractivity contribution in [3.63, 3.8) is 0 Å². The fourth-order valence-electron chi connectivity index (χ4n) is 3.52. The van der Waals surface area contributed by atoms with Crippen LogP contribution in [-0.2, 0) is 4.79 Å². The van der Waals surface area contributed by atoms with Gasteiger partial charge < -0.3 is 10.6 Å². The monoisotopic (exact) mass is 413 g/mol. The van der Waals surface area contributed by atoms with E-state index in [0.717, 1.165) is 32.1 Å². The van der Waals surface area contributed by atoms with Crippen LogP contribution < -0.4 is 16.1 Å². The molecule has 158 valence electrons. The minimum Gasteiger partial charge on any atom is -0.352 e. The molecule has 1 saturated carbocycles. The van der Waals surface area contributed by atoms with Gasteiger partial charge in [0.05, 0.1) is 11.5 Å². The van der Waals surface area contributed by atoms with Gasteiger partial charge in [-0.1, -0.05) is 31.4 Å². The normalized spacial score (nSPS) is 14.2. The van der Waals surface area contributed by atoms with Crippen LogP contribution in [0, 0.1) is 17.0 Å². The van der Waals surface area contributed by atoms with Crippen LogP contribution in [0.1, 0.15) is 48.3 Å². The van der Waals surface area contributed by atoms with E-state index in [2.05, 4.69) is 15.7 Å². The van der Waals surface area contributed by atoms with Crippen molar-refractivity contribution in [1.82, 2.24) is 20.4 Å². The van der Waals surface area contributed by atoms with Crippen molar-refractivity contribution in [3.05, 3.63) is 62.1 Å². The lowest BCUT2D eigenvalue weighted by molar-refractivity contribution is -0.384. The Morgan fingerprint density at radius 2 is 1.93 bits per heavy atom. The third kappa shape index (κ3) is 4.88. The standard InChI is InChI=1S/C20H23N5O5/c1-13-11-17(26)19(23-24(13)15-9-5-6-10-16(15)25(29)30)20(28)21-12-18(27)22-14-7-3-2-4-8-14/h5-6,9-11,14H,2-4,7-8,12H2,1H3,(H,21,28)(H,22,27). The summed E-state index contributed by atoms with van der Waals surface area (Å²) < 4.78 is 1.18. The van der Waals surface area contributed by atoms with Crippen LogP contribution in [0.25, 0.3) is 5.69 Å². The maximum Gasteiger partial charge on any atom is 0.294 e.